The fourth-order valence-corrected chi connectivity index (χ4v) is 3.68. The molecule has 0 saturated carbocycles. The Kier molecular flexibility index (Phi) is 5.69. The second-order valence-electron chi connectivity index (χ2n) is 6.49. The Bertz CT molecular complexity index is 933. The summed E-state index contributed by atoms with van der Waals surface area (Å²) in [6.45, 7) is 0.568. The highest BCUT2D eigenvalue weighted by atomic mass is 79.9. The molecule has 4 rings (SSSR count). The molecular formula is C18H20BrF2N5O2. The number of carbonyl (C=O) groups is 2. The molecule has 2 aliphatic heterocycles. The Morgan fingerprint density at radius 3 is 2.93 bits per heavy atom. The van der Waals surface area contributed by atoms with E-state index in [1.54, 1.807) is 4.90 Å². The zero-order valence-electron chi connectivity index (χ0n) is 14.1. The molecule has 10 heteroatoms. The summed E-state index contributed by atoms with van der Waals surface area (Å²) in [6, 6.07) is 3.83. The minimum atomic E-state index is -1.20. The molecule has 2 aromatic rings. The number of nitrogens with one attached hydrogen (secondary N) is 2. The van der Waals surface area contributed by atoms with E-state index in [2.05, 4.69) is 31.7 Å². The summed E-state index contributed by atoms with van der Waals surface area (Å²) in [6.07, 6.45) is -0.729. The first-order valence-corrected chi connectivity index (χ1v) is 9.23. The van der Waals surface area contributed by atoms with E-state index in [-0.39, 0.29) is 43.5 Å². The SMILES string of the molecule is C.O=C1NCC(F)Cn2nc3c(c21)CN(C(=O)Nc1ccc(F)c(Br)c1)CC3. The van der Waals surface area contributed by atoms with Crippen LogP contribution in [0.25, 0.3) is 0 Å². The third-order valence-electron chi connectivity index (χ3n) is 4.63. The van der Waals surface area contributed by atoms with Crippen LogP contribution in [0.5, 0.6) is 0 Å². The molecule has 0 spiro atoms. The van der Waals surface area contributed by atoms with Crippen LogP contribution in [0, 0.1) is 5.82 Å². The van der Waals surface area contributed by atoms with Crippen molar-refractivity contribution in [2.75, 3.05) is 18.4 Å². The van der Waals surface area contributed by atoms with Crippen molar-refractivity contribution < 1.29 is 18.4 Å². The summed E-state index contributed by atoms with van der Waals surface area (Å²) < 4.78 is 28.8. The Morgan fingerprint density at radius 1 is 1.39 bits per heavy atom. The molecule has 2 N–H and O–H groups in total. The van der Waals surface area contributed by atoms with Crippen molar-refractivity contribution in [3.8, 4) is 0 Å². The molecule has 3 heterocycles. The third kappa shape index (κ3) is 3.73. The lowest BCUT2D eigenvalue weighted by molar-refractivity contribution is 0.0943. The first-order chi connectivity index (χ1) is 12.9. The van der Waals surface area contributed by atoms with E-state index in [0.29, 0.717) is 35.6 Å². The molecule has 28 heavy (non-hydrogen) atoms. The van der Waals surface area contributed by atoms with Gasteiger partial charge in [0.15, 0.2) is 0 Å². The first kappa shape index (κ1) is 20.2. The van der Waals surface area contributed by atoms with Gasteiger partial charge in [0.25, 0.3) is 5.91 Å². The number of nitrogens with zero attached hydrogens (tertiary/aromatic N) is 3. The monoisotopic (exact) mass is 455 g/mol. The number of hydrogen-bond donors (Lipinski definition) is 2. The van der Waals surface area contributed by atoms with Gasteiger partial charge in [-0.3, -0.25) is 9.48 Å². The summed E-state index contributed by atoms with van der Waals surface area (Å²) in [4.78, 5) is 26.5. The van der Waals surface area contributed by atoms with E-state index in [1.165, 1.54) is 22.9 Å². The van der Waals surface area contributed by atoms with Crippen molar-refractivity contribution in [1.29, 1.82) is 0 Å². The molecule has 150 valence electrons. The van der Waals surface area contributed by atoms with E-state index in [1.807, 2.05) is 0 Å². The van der Waals surface area contributed by atoms with Crippen molar-refractivity contribution in [3.63, 3.8) is 0 Å². The summed E-state index contributed by atoms with van der Waals surface area (Å²) in [5.74, 6) is -0.802. The van der Waals surface area contributed by atoms with Crippen LogP contribution in [0.15, 0.2) is 22.7 Å². The zero-order chi connectivity index (χ0) is 19.1. The van der Waals surface area contributed by atoms with Crippen molar-refractivity contribution in [2.45, 2.75) is 33.1 Å². The van der Waals surface area contributed by atoms with Gasteiger partial charge in [0.2, 0.25) is 0 Å². The molecule has 0 fully saturated rings. The molecule has 3 amide bonds. The lowest BCUT2D eigenvalue weighted by atomic mass is 10.1. The van der Waals surface area contributed by atoms with Gasteiger partial charge in [-0.05, 0) is 34.1 Å². The number of amides is 3. The highest BCUT2D eigenvalue weighted by molar-refractivity contribution is 9.10. The molecule has 7 nitrogen and oxygen atoms in total. The number of halogens is 3. The van der Waals surface area contributed by atoms with Crippen LogP contribution in [-0.4, -0.2) is 45.9 Å². The maximum atomic E-state index is 13.8. The molecule has 0 saturated heterocycles. The number of alkyl halides is 1. The quantitative estimate of drug-likeness (QED) is 0.693. The second kappa shape index (κ2) is 7.86. The molecule has 1 unspecified atom stereocenters. The van der Waals surface area contributed by atoms with Crippen LogP contribution in [0.2, 0.25) is 0 Å². The number of aromatic nitrogens is 2. The molecule has 0 radical (unpaired) electrons. The number of benzene rings is 1. The first-order valence-electron chi connectivity index (χ1n) is 8.44. The van der Waals surface area contributed by atoms with Crippen LogP contribution in [0.3, 0.4) is 0 Å². The third-order valence-corrected chi connectivity index (χ3v) is 5.24. The zero-order valence-corrected chi connectivity index (χ0v) is 15.7. The summed E-state index contributed by atoms with van der Waals surface area (Å²) in [5, 5.41) is 9.62. The molecule has 1 aromatic heterocycles. The van der Waals surface area contributed by atoms with E-state index in [0.717, 1.165) is 0 Å². The van der Waals surface area contributed by atoms with Gasteiger partial charge in [-0.1, -0.05) is 7.43 Å². The molecular weight excluding hydrogens is 436 g/mol. The second-order valence-corrected chi connectivity index (χ2v) is 7.35. The van der Waals surface area contributed by atoms with Crippen LogP contribution in [0.1, 0.15) is 29.2 Å². The largest absolute Gasteiger partial charge is 0.348 e. The molecule has 1 aromatic carbocycles. The topological polar surface area (TPSA) is 79.3 Å². The average Bonchev–Trinajstić information content (AvgIpc) is 2.92. The predicted molar refractivity (Wildman–Crippen MR) is 103 cm³/mol. The fourth-order valence-electron chi connectivity index (χ4n) is 3.30. The number of carbonyl (C=O) groups excluding carboxylic acids is 2. The molecule has 0 bridgehead atoms. The summed E-state index contributed by atoms with van der Waals surface area (Å²) >= 11 is 3.08. The van der Waals surface area contributed by atoms with Crippen molar-refractivity contribution in [2.24, 2.45) is 0 Å². The molecule has 2 aliphatic rings. The van der Waals surface area contributed by atoms with E-state index in [4.69, 9.17) is 0 Å². The number of hydrogen-bond acceptors (Lipinski definition) is 3. The standard InChI is InChI=1S/C17H16BrF2N5O2.CH4/c18-12-5-10(1-2-13(12)20)22-17(27)24-4-3-14-11(8-24)15-16(26)21-6-9(19)7-25(15)23-14;/h1-2,5,9H,3-4,6-8H2,(H,21,26)(H,22,27);1H4. The Labute approximate surface area is 169 Å². The molecule has 0 aliphatic carbocycles. The van der Waals surface area contributed by atoms with Gasteiger partial charge >= 0.3 is 6.03 Å². The smallest absolute Gasteiger partial charge is 0.322 e. The van der Waals surface area contributed by atoms with Gasteiger partial charge in [-0.15, -0.1) is 0 Å². The highest BCUT2D eigenvalue weighted by Gasteiger charge is 2.32. The predicted octanol–water partition coefficient (Wildman–Crippen LogP) is 3.09. The fraction of sp³-hybridized carbons (Fsp3) is 0.389. The summed E-state index contributed by atoms with van der Waals surface area (Å²) in [5.41, 5.74) is 2.12. The van der Waals surface area contributed by atoms with Gasteiger partial charge in [-0.2, -0.15) is 5.10 Å². The minimum absolute atomic E-state index is 0. The van der Waals surface area contributed by atoms with E-state index >= 15 is 0 Å². The lowest BCUT2D eigenvalue weighted by Crippen LogP contribution is -2.39. The minimum Gasteiger partial charge on any atom is -0.348 e. The van der Waals surface area contributed by atoms with Crippen LogP contribution in [0.4, 0.5) is 19.3 Å². The van der Waals surface area contributed by atoms with Crippen molar-refractivity contribution in [3.05, 3.63) is 45.4 Å². The van der Waals surface area contributed by atoms with E-state index < -0.39 is 12.0 Å². The molecule has 1 atom stereocenters. The van der Waals surface area contributed by atoms with Gasteiger partial charge in [0.05, 0.1) is 29.8 Å². The number of rotatable bonds is 1. The van der Waals surface area contributed by atoms with Crippen LogP contribution in [-0.2, 0) is 19.5 Å². The summed E-state index contributed by atoms with van der Waals surface area (Å²) in [7, 11) is 0. The van der Waals surface area contributed by atoms with Gasteiger partial charge in [0.1, 0.15) is 17.7 Å². The highest BCUT2D eigenvalue weighted by Crippen LogP contribution is 2.25. The Hall–Kier alpha value is -2.49. The lowest BCUT2D eigenvalue weighted by Gasteiger charge is -2.27. The van der Waals surface area contributed by atoms with Gasteiger partial charge in [0, 0.05) is 24.2 Å². The van der Waals surface area contributed by atoms with Crippen LogP contribution < -0.4 is 10.6 Å². The van der Waals surface area contributed by atoms with Gasteiger partial charge in [-0.25, -0.2) is 13.6 Å². The van der Waals surface area contributed by atoms with Crippen LogP contribution >= 0.6 is 15.9 Å². The number of fused-ring (bicyclic) bond motifs is 3. The van der Waals surface area contributed by atoms with Crippen molar-refractivity contribution >= 4 is 33.6 Å². The van der Waals surface area contributed by atoms with E-state index in [9.17, 15) is 18.4 Å². The normalized spacial score (nSPS) is 18.3. The average molecular weight is 456 g/mol. The number of anilines is 1. The van der Waals surface area contributed by atoms with Crippen molar-refractivity contribution in [1.82, 2.24) is 20.0 Å². The maximum absolute atomic E-state index is 13.8. The Morgan fingerprint density at radius 2 is 2.18 bits per heavy atom. The number of urea groups is 1. The van der Waals surface area contributed by atoms with Gasteiger partial charge < -0.3 is 15.5 Å². The Balaban J connectivity index is 0.00000225. The maximum Gasteiger partial charge on any atom is 0.322 e.